The zero-order valence-corrected chi connectivity index (χ0v) is 23.0. The van der Waals surface area contributed by atoms with E-state index in [4.69, 9.17) is 16.9 Å². The Kier molecular flexibility index (Phi) is 9.01. The second kappa shape index (κ2) is 12.2. The van der Waals surface area contributed by atoms with Gasteiger partial charge in [-0.3, -0.25) is 9.69 Å². The monoisotopic (exact) mass is 653 g/mol. The number of hydrogen-bond acceptors (Lipinski definition) is 7. The Balaban J connectivity index is 1.63. The van der Waals surface area contributed by atoms with E-state index in [1.807, 2.05) is 29.2 Å². The Labute approximate surface area is 236 Å². The van der Waals surface area contributed by atoms with Crippen LogP contribution in [0.2, 0.25) is 0 Å². The number of rotatable bonds is 8. The fourth-order valence-electron chi connectivity index (χ4n) is 3.85. The summed E-state index contributed by atoms with van der Waals surface area (Å²) in [5, 5.41) is 0. The topological polar surface area (TPSA) is 84.6 Å². The summed E-state index contributed by atoms with van der Waals surface area (Å²) < 4.78 is 47.9. The molecule has 1 amide bonds. The third-order valence-corrected chi connectivity index (χ3v) is 7.39. The van der Waals surface area contributed by atoms with Crippen molar-refractivity contribution in [3.05, 3.63) is 68.9 Å². The largest absolute Gasteiger partial charge is 0.472 e. The van der Waals surface area contributed by atoms with Gasteiger partial charge in [0, 0.05) is 34.6 Å². The van der Waals surface area contributed by atoms with Crippen LogP contribution in [0.5, 0.6) is 5.88 Å². The molecule has 2 aromatic carbocycles. The van der Waals surface area contributed by atoms with E-state index in [9.17, 15) is 18.0 Å². The van der Waals surface area contributed by atoms with Gasteiger partial charge in [-0.05, 0) is 58.5 Å². The first-order chi connectivity index (χ1) is 18.1. The molecule has 0 saturated carbocycles. The summed E-state index contributed by atoms with van der Waals surface area (Å²) >= 11 is 3.22. The van der Waals surface area contributed by atoms with E-state index in [1.54, 1.807) is 6.20 Å². The Morgan fingerprint density at radius 3 is 2.61 bits per heavy atom. The number of carbonyl (C=O) groups excluding carboxylic acids is 1. The van der Waals surface area contributed by atoms with Crippen LogP contribution in [0.15, 0.2) is 58.5 Å². The predicted molar refractivity (Wildman–Crippen MR) is 147 cm³/mol. The lowest BCUT2D eigenvalue weighted by molar-refractivity contribution is -0.138. The molecular weight excluding hydrogens is 630 g/mol. The van der Waals surface area contributed by atoms with Crippen LogP contribution >= 0.6 is 34.4 Å². The van der Waals surface area contributed by atoms with Gasteiger partial charge in [0.2, 0.25) is 17.7 Å². The fraction of sp³-hybridized carbons (Fsp3) is 0.269. The predicted octanol–water partition coefficient (Wildman–Crippen LogP) is 4.68. The number of nitrogens with two attached hydrogens (primary N) is 1. The highest BCUT2D eigenvalue weighted by Gasteiger charge is 2.35. The van der Waals surface area contributed by atoms with Crippen molar-refractivity contribution in [3.63, 3.8) is 0 Å². The number of benzene rings is 2. The van der Waals surface area contributed by atoms with E-state index in [-0.39, 0.29) is 17.4 Å². The minimum atomic E-state index is -4.74. The molecule has 3 aromatic rings. The molecule has 1 aliphatic heterocycles. The number of ether oxygens (including phenoxy) is 1. The van der Waals surface area contributed by atoms with E-state index in [2.05, 4.69) is 43.4 Å². The lowest BCUT2D eigenvalue weighted by atomic mass is 10.1. The molecule has 7 nitrogen and oxygen atoms in total. The summed E-state index contributed by atoms with van der Waals surface area (Å²) in [6.07, 6.45) is 2.22. The van der Waals surface area contributed by atoms with Crippen LogP contribution in [0, 0.1) is 15.9 Å². The molecule has 38 heavy (non-hydrogen) atoms. The molecule has 0 bridgehead atoms. The van der Waals surface area contributed by atoms with E-state index in [1.165, 1.54) is 6.07 Å². The zero-order chi connectivity index (χ0) is 27.3. The molecule has 1 aliphatic rings. The van der Waals surface area contributed by atoms with Crippen LogP contribution in [-0.2, 0) is 12.8 Å². The van der Waals surface area contributed by atoms with Crippen molar-refractivity contribution < 1.29 is 22.7 Å². The number of alkyl halides is 3. The van der Waals surface area contributed by atoms with Crippen LogP contribution in [0.4, 0.5) is 19.1 Å². The number of terminal acetylenes is 1. The maximum Gasteiger partial charge on any atom is 0.417 e. The second-order valence-corrected chi connectivity index (χ2v) is 10.8. The third-order valence-electron chi connectivity index (χ3n) is 5.73. The van der Waals surface area contributed by atoms with Gasteiger partial charge < -0.3 is 15.4 Å². The third kappa shape index (κ3) is 7.09. The highest BCUT2D eigenvalue weighted by molar-refractivity contribution is 14.1. The number of primary amides is 1. The zero-order valence-electron chi connectivity index (χ0n) is 20.0. The summed E-state index contributed by atoms with van der Waals surface area (Å²) in [4.78, 5) is 25.5. The van der Waals surface area contributed by atoms with Crippen LogP contribution < -0.4 is 15.4 Å². The first-order valence-corrected chi connectivity index (χ1v) is 13.4. The molecular formula is C26H23F3IN5O2S. The van der Waals surface area contributed by atoms with Gasteiger partial charge in [0.25, 0.3) is 0 Å². The highest BCUT2D eigenvalue weighted by Crippen LogP contribution is 2.39. The molecule has 1 aromatic heterocycles. The molecule has 0 aliphatic carbocycles. The summed E-state index contributed by atoms with van der Waals surface area (Å²) in [7, 11) is 0. The maximum atomic E-state index is 13.6. The number of aromatic nitrogens is 2. The summed E-state index contributed by atoms with van der Waals surface area (Å²) in [5.74, 6) is 2.21. The van der Waals surface area contributed by atoms with Crippen molar-refractivity contribution in [1.82, 2.24) is 14.9 Å². The summed E-state index contributed by atoms with van der Waals surface area (Å²) in [5.41, 5.74) is 4.38. The molecule has 0 spiro atoms. The van der Waals surface area contributed by atoms with E-state index < -0.39 is 23.2 Å². The molecule has 1 saturated heterocycles. The van der Waals surface area contributed by atoms with Crippen molar-refractivity contribution >= 4 is 46.2 Å². The average molecular weight is 653 g/mol. The van der Waals surface area contributed by atoms with E-state index >= 15 is 0 Å². The number of amides is 1. The normalized spacial score (nSPS) is 14.2. The molecule has 4 rings (SSSR count). The van der Waals surface area contributed by atoms with Gasteiger partial charge in [0.05, 0.1) is 28.8 Å². The Morgan fingerprint density at radius 1 is 1.18 bits per heavy atom. The highest BCUT2D eigenvalue weighted by atomic mass is 127. The van der Waals surface area contributed by atoms with Gasteiger partial charge in [-0.1, -0.05) is 29.8 Å². The number of anilines is 1. The Hall–Kier alpha value is -3.02. The molecule has 0 unspecified atom stereocenters. The van der Waals surface area contributed by atoms with Gasteiger partial charge in [0.15, 0.2) is 0 Å². The van der Waals surface area contributed by atoms with Crippen LogP contribution in [0.1, 0.15) is 21.5 Å². The standard InChI is InChI=1S/C26H23F3IN5O2S/c1-2-8-34-9-11-35(12-10-34)25-32-15-22(24(33-25)37-16-17-4-3-5-18(30)13-17)38-19-6-7-20(23(31)36)21(14-19)26(27,28)29/h1,3-7,13-15H,8-12,16H2,(H2,31,36). The lowest BCUT2D eigenvalue weighted by Gasteiger charge is -2.33. The lowest BCUT2D eigenvalue weighted by Crippen LogP contribution is -2.47. The van der Waals surface area contributed by atoms with Gasteiger partial charge in [-0.15, -0.1) is 6.42 Å². The van der Waals surface area contributed by atoms with Gasteiger partial charge in [-0.2, -0.15) is 18.2 Å². The summed E-state index contributed by atoms with van der Waals surface area (Å²) in [6.45, 7) is 3.65. The van der Waals surface area contributed by atoms with Gasteiger partial charge in [0.1, 0.15) is 6.61 Å². The van der Waals surface area contributed by atoms with E-state index in [0.717, 1.165) is 46.1 Å². The van der Waals surface area contributed by atoms with Crippen molar-refractivity contribution in [3.8, 4) is 18.2 Å². The van der Waals surface area contributed by atoms with Gasteiger partial charge >= 0.3 is 6.18 Å². The first kappa shape index (κ1) is 28.0. The Bertz CT molecular complexity index is 1360. The van der Waals surface area contributed by atoms with Crippen LogP contribution in [0.25, 0.3) is 0 Å². The minimum absolute atomic E-state index is 0.214. The smallest absolute Gasteiger partial charge is 0.417 e. The second-order valence-electron chi connectivity index (χ2n) is 8.40. The molecule has 0 radical (unpaired) electrons. The quantitative estimate of drug-likeness (QED) is 0.279. The number of hydrogen-bond donors (Lipinski definition) is 1. The fourth-order valence-corrected chi connectivity index (χ4v) is 5.32. The molecule has 2 N–H and O–H groups in total. The minimum Gasteiger partial charge on any atom is -0.472 e. The molecule has 1 fully saturated rings. The van der Waals surface area contributed by atoms with Gasteiger partial charge in [-0.25, -0.2) is 4.98 Å². The van der Waals surface area contributed by atoms with Crippen molar-refractivity contribution in [1.29, 1.82) is 0 Å². The van der Waals surface area contributed by atoms with E-state index in [0.29, 0.717) is 30.5 Å². The number of halogens is 4. The average Bonchev–Trinajstić information content (AvgIpc) is 2.88. The van der Waals surface area contributed by atoms with Crippen LogP contribution in [0.3, 0.4) is 0 Å². The van der Waals surface area contributed by atoms with Crippen molar-refractivity contribution in [2.24, 2.45) is 5.73 Å². The van der Waals surface area contributed by atoms with Crippen molar-refractivity contribution in [2.75, 3.05) is 37.6 Å². The molecule has 0 atom stereocenters. The number of nitrogens with zero attached hydrogens (tertiary/aromatic N) is 4. The van der Waals surface area contributed by atoms with Crippen LogP contribution in [-0.4, -0.2) is 53.5 Å². The molecule has 198 valence electrons. The first-order valence-electron chi connectivity index (χ1n) is 11.5. The summed E-state index contributed by atoms with van der Waals surface area (Å²) in [6, 6.07) is 11.1. The maximum absolute atomic E-state index is 13.6. The number of carbonyl (C=O) groups is 1. The Morgan fingerprint density at radius 2 is 1.95 bits per heavy atom. The molecule has 2 heterocycles. The number of piperazine rings is 1. The SMILES string of the molecule is C#CCN1CCN(c2ncc(Sc3ccc(C(N)=O)c(C(F)(F)F)c3)c(OCc3cccc(I)c3)n2)CC1. The molecule has 12 heteroatoms. The van der Waals surface area contributed by atoms with Crippen molar-refractivity contribution in [2.45, 2.75) is 22.6 Å².